The molecule has 0 aromatic carbocycles. The molecule has 0 heterocycles. The van der Waals surface area contributed by atoms with E-state index in [1.807, 2.05) is 0 Å². The van der Waals surface area contributed by atoms with Gasteiger partial charge in [-0.2, -0.15) is 0 Å². The normalized spacial score (nSPS) is 10.8. The van der Waals surface area contributed by atoms with E-state index in [-0.39, 0.29) is 11.9 Å². The molecule has 0 unspecified atom stereocenters. The van der Waals surface area contributed by atoms with E-state index in [9.17, 15) is 9.59 Å². The van der Waals surface area contributed by atoms with Crippen LogP contribution in [0.2, 0.25) is 0 Å². The van der Waals surface area contributed by atoms with Crippen molar-refractivity contribution in [2.45, 2.75) is 239 Å². The Morgan fingerprint density at radius 3 is 0.844 bits per heavy atom. The molecule has 4 nitrogen and oxygen atoms in total. The van der Waals surface area contributed by atoms with Crippen molar-refractivity contribution in [1.29, 1.82) is 0 Å². The highest BCUT2D eigenvalue weighted by Gasteiger charge is 2.02. The lowest BCUT2D eigenvalue weighted by molar-refractivity contribution is -0.144. The summed E-state index contributed by atoms with van der Waals surface area (Å²) in [5.74, 6) is -0.0668. The molecule has 0 spiro atoms. The van der Waals surface area contributed by atoms with Gasteiger partial charge in [0.15, 0.2) is 0 Å². The summed E-state index contributed by atoms with van der Waals surface area (Å²) in [6.07, 6.45) is 44.0. The molecular formula is C41H82O4. The molecular weight excluding hydrogens is 556 g/mol. The number of hydrogen-bond acceptors (Lipinski definition) is 4. The van der Waals surface area contributed by atoms with Crippen LogP contribution in [-0.2, 0) is 19.1 Å². The standard InChI is InChI=1S/C22H44O2.C19H38O2/c1-3-5-7-8-9-10-11-12-13-14-15-16-17-18-19-20-22(23)24-21-6-4-2;1-3-4-5-6-7-8-9-10-11-12-13-14-15-16-17-18-19(20)21-2/h3-21H2,1-2H3;3-18H2,1-2H3. The molecule has 0 fully saturated rings. The summed E-state index contributed by atoms with van der Waals surface area (Å²) in [5, 5.41) is 0. The molecule has 0 N–H and O–H groups in total. The Bertz CT molecular complexity index is 562. The third-order valence-corrected chi connectivity index (χ3v) is 8.96. The summed E-state index contributed by atoms with van der Waals surface area (Å²) >= 11 is 0. The van der Waals surface area contributed by atoms with E-state index >= 15 is 0 Å². The zero-order valence-electron chi connectivity index (χ0n) is 31.4. The Morgan fingerprint density at radius 2 is 0.578 bits per heavy atom. The van der Waals surface area contributed by atoms with Crippen LogP contribution in [0.1, 0.15) is 239 Å². The molecule has 0 aromatic rings. The van der Waals surface area contributed by atoms with Crippen molar-refractivity contribution in [3.8, 4) is 0 Å². The van der Waals surface area contributed by atoms with Crippen molar-refractivity contribution in [1.82, 2.24) is 0 Å². The van der Waals surface area contributed by atoms with Gasteiger partial charge in [-0.15, -0.1) is 0 Å². The van der Waals surface area contributed by atoms with Gasteiger partial charge in [0.2, 0.25) is 0 Å². The van der Waals surface area contributed by atoms with E-state index in [0.717, 1.165) is 25.7 Å². The van der Waals surface area contributed by atoms with Gasteiger partial charge < -0.3 is 9.47 Å². The average molecular weight is 639 g/mol. The number of unbranched alkanes of at least 4 members (excludes halogenated alkanes) is 29. The second-order valence-electron chi connectivity index (χ2n) is 13.5. The Labute approximate surface area is 283 Å². The second kappa shape index (κ2) is 42.9. The summed E-state index contributed by atoms with van der Waals surface area (Å²) in [7, 11) is 1.47. The van der Waals surface area contributed by atoms with Gasteiger partial charge in [-0.3, -0.25) is 9.59 Å². The van der Waals surface area contributed by atoms with Gasteiger partial charge >= 0.3 is 11.9 Å². The van der Waals surface area contributed by atoms with Crippen molar-refractivity contribution in [2.75, 3.05) is 13.7 Å². The number of carbonyl (C=O) groups excluding carboxylic acids is 2. The highest BCUT2D eigenvalue weighted by molar-refractivity contribution is 5.69. The molecule has 0 bridgehead atoms. The molecule has 0 amide bonds. The maximum Gasteiger partial charge on any atom is 0.305 e. The first-order valence-electron chi connectivity index (χ1n) is 20.3. The van der Waals surface area contributed by atoms with Crippen LogP contribution in [0.25, 0.3) is 0 Å². The van der Waals surface area contributed by atoms with Crippen LogP contribution in [0, 0.1) is 0 Å². The summed E-state index contributed by atoms with van der Waals surface area (Å²) < 4.78 is 9.79. The number of hydrogen-bond donors (Lipinski definition) is 0. The van der Waals surface area contributed by atoms with Crippen LogP contribution in [0.5, 0.6) is 0 Å². The highest BCUT2D eigenvalue weighted by atomic mass is 16.5. The lowest BCUT2D eigenvalue weighted by atomic mass is 10.0. The lowest BCUT2D eigenvalue weighted by Crippen LogP contribution is -2.05. The molecule has 0 aliphatic rings. The van der Waals surface area contributed by atoms with E-state index in [1.54, 1.807) is 0 Å². The molecule has 0 rings (SSSR count). The van der Waals surface area contributed by atoms with Gasteiger partial charge in [0, 0.05) is 12.8 Å². The van der Waals surface area contributed by atoms with E-state index in [4.69, 9.17) is 4.74 Å². The van der Waals surface area contributed by atoms with Gasteiger partial charge in [-0.1, -0.05) is 207 Å². The largest absolute Gasteiger partial charge is 0.469 e. The molecule has 0 radical (unpaired) electrons. The topological polar surface area (TPSA) is 52.6 Å². The maximum absolute atomic E-state index is 11.4. The fourth-order valence-corrected chi connectivity index (χ4v) is 5.79. The van der Waals surface area contributed by atoms with Gasteiger partial charge in [-0.25, -0.2) is 0 Å². The first kappa shape index (κ1) is 46.1. The third kappa shape index (κ3) is 45.1. The van der Waals surface area contributed by atoms with Gasteiger partial charge in [0.25, 0.3) is 0 Å². The number of carbonyl (C=O) groups is 2. The molecule has 0 saturated heterocycles. The van der Waals surface area contributed by atoms with E-state index in [2.05, 4.69) is 25.5 Å². The molecule has 0 atom stereocenters. The molecule has 45 heavy (non-hydrogen) atoms. The SMILES string of the molecule is CCCCCCCCCCCCCCCCCC(=O)OC.CCCCCCCCCCCCCCCCCC(=O)OCCCC. The second-order valence-corrected chi connectivity index (χ2v) is 13.5. The number of methoxy groups -OCH3 is 1. The van der Waals surface area contributed by atoms with Gasteiger partial charge in [0.05, 0.1) is 13.7 Å². The van der Waals surface area contributed by atoms with Gasteiger partial charge in [0.1, 0.15) is 0 Å². The summed E-state index contributed by atoms with van der Waals surface area (Å²) in [6.45, 7) is 7.28. The first-order valence-corrected chi connectivity index (χ1v) is 20.3. The number of ether oxygens (including phenoxy) is 2. The van der Waals surface area contributed by atoms with E-state index in [0.29, 0.717) is 19.4 Å². The predicted octanol–water partition coefficient (Wildman–Crippen LogP) is 14.0. The molecule has 4 heteroatoms. The highest BCUT2D eigenvalue weighted by Crippen LogP contribution is 2.15. The Kier molecular flexibility index (Phi) is 44.0. The van der Waals surface area contributed by atoms with Crippen molar-refractivity contribution in [2.24, 2.45) is 0 Å². The molecule has 270 valence electrons. The van der Waals surface area contributed by atoms with Crippen molar-refractivity contribution >= 4 is 11.9 Å². The zero-order valence-corrected chi connectivity index (χ0v) is 31.4. The fraction of sp³-hybridized carbons (Fsp3) is 0.951. The van der Waals surface area contributed by atoms with Crippen molar-refractivity contribution in [3.05, 3.63) is 0 Å². The van der Waals surface area contributed by atoms with Crippen molar-refractivity contribution in [3.63, 3.8) is 0 Å². The Hall–Kier alpha value is -1.06. The predicted molar refractivity (Wildman–Crippen MR) is 197 cm³/mol. The van der Waals surface area contributed by atoms with Crippen LogP contribution in [-0.4, -0.2) is 25.7 Å². The average Bonchev–Trinajstić information content (AvgIpc) is 3.05. The lowest BCUT2D eigenvalue weighted by Gasteiger charge is -2.04. The smallest absolute Gasteiger partial charge is 0.305 e. The fourth-order valence-electron chi connectivity index (χ4n) is 5.79. The van der Waals surface area contributed by atoms with E-state index < -0.39 is 0 Å². The Morgan fingerprint density at radius 1 is 0.333 bits per heavy atom. The maximum atomic E-state index is 11.4. The van der Waals surface area contributed by atoms with Crippen LogP contribution in [0.4, 0.5) is 0 Å². The minimum atomic E-state index is -0.0651. The van der Waals surface area contributed by atoms with E-state index in [1.165, 1.54) is 187 Å². The molecule has 0 aliphatic carbocycles. The summed E-state index contributed by atoms with van der Waals surface area (Å²) in [4.78, 5) is 22.4. The Balaban J connectivity index is 0. The molecule has 0 saturated carbocycles. The van der Waals surface area contributed by atoms with Crippen LogP contribution in [0.15, 0.2) is 0 Å². The zero-order chi connectivity index (χ0) is 33.3. The number of rotatable bonds is 35. The summed E-state index contributed by atoms with van der Waals surface area (Å²) in [6, 6.07) is 0. The molecule has 0 aromatic heterocycles. The quantitative estimate of drug-likeness (QED) is 0.0512. The monoisotopic (exact) mass is 639 g/mol. The third-order valence-electron chi connectivity index (χ3n) is 8.96. The number of esters is 2. The van der Waals surface area contributed by atoms with Crippen molar-refractivity contribution < 1.29 is 19.1 Å². The van der Waals surface area contributed by atoms with Gasteiger partial charge in [-0.05, 0) is 19.3 Å². The van der Waals surface area contributed by atoms with Crippen LogP contribution >= 0.6 is 0 Å². The first-order chi connectivity index (χ1) is 22.1. The minimum absolute atomic E-state index is 0.00172. The molecule has 0 aliphatic heterocycles. The van der Waals surface area contributed by atoms with Crippen LogP contribution < -0.4 is 0 Å². The van der Waals surface area contributed by atoms with Crippen LogP contribution in [0.3, 0.4) is 0 Å². The minimum Gasteiger partial charge on any atom is -0.469 e. The summed E-state index contributed by atoms with van der Waals surface area (Å²) in [5.41, 5.74) is 0.